The summed E-state index contributed by atoms with van der Waals surface area (Å²) in [5, 5.41) is 7.33. The topological polar surface area (TPSA) is 63.4 Å². The van der Waals surface area contributed by atoms with Crippen LogP contribution in [0.25, 0.3) is 0 Å². The van der Waals surface area contributed by atoms with Crippen molar-refractivity contribution in [1.82, 2.24) is 10.1 Å². The Kier molecular flexibility index (Phi) is 3.45. The van der Waals surface area contributed by atoms with Crippen LogP contribution >= 0.6 is 0 Å². The van der Waals surface area contributed by atoms with Gasteiger partial charge in [-0.15, -0.1) is 0 Å². The van der Waals surface area contributed by atoms with E-state index in [1.165, 1.54) is 0 Å². The molecule has 6 heteroatoms. The van der Waals surface area contributed by atoms with Crippen LogP contribution in [0, 0.1) is 0 Å². The van der Waals surface area contributed by atoms with Gasteiger partial charge < -0.3 is 19.5 Å². The monoisotopic (exact) mass is 274 g/mol. The maximum atomic E-state index is 5.90. The summed E-state index contributed by atoms with van der Waals surface area (Å²) in [4.78, 5) is 6.47. The van der Waals surface area contributed by atoms with E-state index in [9.17, 15) is 0 Å². The van der Waals surface area contributed by atoms with Gasteiger partial charge in [0.15, 0.2) is 6.10 Å². The van der Waals surface area contributed by atoms with Gasteiger partial charge in [0.2, 0.25) is 0 Å². The Morgan fingerprint density at radius 1 is 1.30 bits per heavy atom. The normalized spacial score (nSPS) is 17.0. The fourth-order valence-electron chi connectivity index (χ4n) is 2.24. The Labute approximate surface area is 117 Å². The van der Waals surface area contributed by atoms with Crippen molar-refractivity contribution in [3.63, 3.8) is 0 Å². The standard InChI is InChI=1S/C14H18N4O2/c1-3-18(4-2)14-16-13(20-17-14)12-9-15-10-7-5-6-8-11(10)19-12/h5-8,12,15H,3-4,9H2,1-2H3. The largest absolute Gasteiger partial charge is 0.477 e. The van der Waals surface area contributed by atoms with Gasteiger partial charge in [-0.25, -0.2) is 0 Å². The number of benzene rings is 1. The molecule has 3 rings (SSSR count). The highest BCUT2D eigenvalue weighted by atomic mass is 16.5. The number of rotatable bonds is 4. The Morgan fingerprint density at radius 3 is 2.90 bits per heavy atom. The van der Waals surface area contributed by atoms with Crippen molar-refractivity contribution < 1.29 is 9.26 Å². The van der Waals surface area contributed by atoms with Crippen molar-refractivity contribution in [3.05, 3.63) is 30.2 Å². The molecule has 0 spiro atoms. The Bertz CT molecular complexity index is 580. The van der Waals surface area contributed by atoms with Crippen LogP contribution in [0.5, 0.6) is 5.75 Å². The van der Waals surface area contributed by atoms with Crippen LogP contribution in [-0.4, -0.2) is 29.8 Å². The van der Waals surface area contributed by atoms with E-state index in [1.807, 2.05) is 29.2 Å². The molecule has 20 heavy (non-hydrogen) atoms. The average Bonchev–Trinajstić information content (AvgIpc) is 2.98. The first-order valence-corrected chi connectivity index (χ1v) is 6.90. The molecule has 1 atom stereocenters. The summed E-state index contributed by atoms with van der Waals surface area (Å²) >= 11 is 0. The van der Waals surface area contributed by atoms with Crippen LogP contribution in [0.1, 0.15) is 25.8 Å². The Hall–Kier alpha value is -2.24. The van der Waals surface area contributed by atoms with Crippen LogP contribution in [0.15, 0.2) is 28.8 Å². The van der Waals surface area contributed by atoms with Gasteiger partial charge in [-0.05, 0) is 31.1 Å². The zero-order valence-electron chi connectivity index (χ0n) is 11.7. The van der Waals surface area contributed by atoms with Gasteiger partial charge >= 0.3 is 0 Å². The van der Waals surface area contributed by atoms with Gasteiger partial charge in [0, 0.05) is 13.1 Å². The van der Waals surface area contributed by atoms with E-state index in [-0.39, 0.29) is 6.10 Å². The third-order valence-corrected chi connectivity index (χ3v) is 3.39. The third-order valence-electron chi connectivity index (χ3n) is 3.39. The van der Waals surface area contributed by atoms with Crippen LogP contribution in [0.3, 0.4) is 0 Å². The number of nitrogens with one attached hydrogen (secondary N) is 1. The molecule has 2 aromatic rings. The molecule has 2 heterocycles. The van der Waals surface area contributed by atoms with E-state index < -0.39 is 0 Å². The van der Waals surface area contributed by atoms with Crippen LogP contribution < -0.4 is 15.0 Å². The lowest BCUT2D eigenvalue weighted by Crippen LogP contribution is -2.25. The number of fused-ring (bicyclic) bond motifs is 1. The first-order chi connectivity index (χ1) is 9.81. The maximum Gasteiger partial charge on any atom is 0.271 e. The van der Waals surface area contributed by atoms with Gasteiger partial charge in [0.05, 0.1) is 12.2 Å². The molecule has 0 fully saturated rings. The number of hydrogen-bond acceptors (Lipinski definition) is 6. The number of aromatic nitrogens is 2. The summed E-state index contributed by atoms with van der Waals surface area (Å²) in [5.41, 5.74) is 0.993. The minimum absolute atomic E-state index is 0.248. The van der Waals surface area contributed by atoms with Gasteiger partial charge in [-0.2, -0.15) is 4.98 Å². The van der Waals surface area contributed by atoms with Crippen molar-refractivity contribution in [2.45, 2.75) is 20.0 Å². The summed E-state index contributed by atoms with van der Waals surface area (Å²) in [7, 11) is 0. The molecule has 0 radical (unpaired) electrons. The fraction of sp³-hybridized carbons (Fsp3) is 0.429. The van der Waals surface area contributed by atoms with Crippen molar-refractivity contribution >= 4 is 11.6 Å². The molecule has 6 nitrogen and oxygen atoms in total. The minimum Gasteiger partial charge on any atom is -0.477 e. The quantitative estimate of drug-likeness (QED) is 0.924. The van der Waals surface area contributed by atoms with Gasteiger partial charge in [0.1, 0.15) is 5.75 Å². The van der Waals surface area contributed by atoms with E-state index in [2.05, 4.69) is 29.3 Å². The van der Waals surface area contributed by atoms with Crippen LogP contribution in [0.2, 0.25) is 0 Å². The fourth-order valence-corrected chi connectivity index (χ4v) is 2.24. The highest BCUT2D eigenvalue weighted by molar-refractivity contribution is 5.57. The lowest BCUT2D eigenvalue weighted by Gasteiger charge is -2.24. The molecule has 0 saturated carbocycles. The molecule has 106 valence electrons. The number of para-hydroxylation sites is 2. The summed E-state index contributed by atoms with van der Waals surface area (Å²) in [6, 6.07) is 7.83. The molecular weight excluding hydrogens is 256 g/mol. The predicted octanol–water partition coefficient (Wildman–Crippen LogP) is 2.46. The minimum atomic E-state index is -0.248. The zero-order chi connectivity index (χ0) is 13.9. The first kappa shape index (κ1) is 12.8. The van der Waals surface area contributed by atoms with Crippen molar-refractivity contribution in [1.29, 1.82) is 0 Å². The first-order valence-electron chi connectivity index (χ1n) is 6.90. The molecule has 0 saturated heterocycles. The molecule has 1 aromatic carbocycles. The van der Waals surface area contributed by atoms with Crippen LogP contribution in [0.4, 0.5) is 11.6 Å². The van der Waals surface area contributed by atoms with E-state index >= 15 is 0 Å². The molecule has 1 N–H and O–H groups in total. The number of hydrogen-bond donors (Lipinski definition) is 1. The van der Waals surface area contributed by atoms with E-state index in [0.29, 0.717) is 18.4 Å². The van der Waals surface area contributed by atoms with E-state index in [4.69, 9.17) is 9.26 Å². The molecule has 0 bridgehead atoms. The smallest absolute Gasteiger partial charge is 0.271 e. The molecule has 1 aromatic heterocycles. The molecule has 1 aliphatic rings. The number of nitrogens with zero attached hydrogens (tertiary/aromatic N) is 3. The maximum absolute atomic E-state index is 5.90. The Morgan fingerprint density at radius 2 is 2.10 bits per heavy atom. The van der Waals surface area contributed by atoms with Crippen molar-refractivity contribution in [2.75, 3.05) is 29.9 Å². The summed E-state index contributed by atoms with van der Waals surface area (Å²) in [5.74, 6) is 1.94. The highest BCUT2D eigenvalue weighted by Crippen LogP contribution is 2.33. The highest BCUT2D eigenvalue weighted by Gasteiger charge is 2.26. The second-order valence-electron chi connectivity index (χ2n) is 4.59. The molecule has 1 unspecified atom stereocenters. The number of anilines is 2. The van der Waals surface area contributed by atoms with Gasteiger partial charge in [-0.3, -0.25) is 0 Å². The molecule has 1 aliphatic heterocycles. The average molecular weight is 274 g/mol. The molecular formula is C14H18N4O2. The van der Waals surface area contributed by atoms with Crippen molar-refractivity contribution in [3.8, 4) is 5.75 Å². The zero-order valence-corrected chi connectivity index (χ0v) is 11.7. The van der Waals surface area contributed by atoms with Gasteiger partial charge in [0.25, 0.3) is 11.8 Å². The second kappa shape index (κ2) is 5.40. The lowest BCUT2D eigenvalue weighted by atomic mass is 10.2. The van der Waals surface area contributed by atoms with E-state index in [0.717, 1.165) is 24.5 Å². The van der Waals surface area contributed by atoms with E-state index in [1.54, 1.807) is 0 Å². The Balaban J connectivity index is 1.78. The van der Waals surface area contributed by atoms with Gasteiger partial charge in [-0.1, -0.05) is 12.1 Å². The lowest BCUT2D eigenvalue weighted by molar-refractivity contribution is 0.163. The number of ether oxygens (including phenoxy) is 1. The summed E-state index contributed by atoms with van der Waals surface area (Å²) in [6.07, 6.45) is -0.248. The SMILES string of the molecule is CCN(CC)c1noc(C2CNc3ccccc3O2)n1. The summed E-state index contributed by atoms with van der Waals surface area (Å²) in [6.45, 7) is 6.45. The molecule has 0 aliphatic carbocycles. The van der Waals surface area contributed by atoms with Crippen LogP contribution in [-0.2, 0) is 0 Å². The van der Waals surface area contributed by atoms with Crippen molar-refractivity contribution in [2.24, 2.45) is 0 Å². The third kappa shape index (κ3) is 2.29. The molecule has 0 amide bonds. The second-order valence-corrected chi connectivity index (χ2v) is 4.59. The predicted molar refractivity (Wildman–Crippen MR) is 76.2 cm³/mol. The summed E-state index contributed by atoms with van der Waals surface area (Å²) < 4.78 is 11.2.